The lowest BCUT2D eigenvalue weighted by Crippen LogP contribution is -2.37. The van der Waals surface area contributed by atoms with Gasteiger partial charge in [0.2, 0.25) is 5.91 Å². The molecule has 1 atom stereocenters. The van der Waals surface area contributed by atoms with Crippen molar-refractivity contribution >= 4 is 16.8 Å². The van der Waals surface area contributed by atoms with Crippen molar-refractivity contribution in [2.75, 3.05) is 6.54 Å². The third-order valence-electron chi connectivity index (χ3n) is 4.78. The molecule has 1 saturated heterocycles. The second kappa shape index (κ2) is 6.98. The van der Waals surface area contributed by atoms with E-state index in [4.69, 9.17) is 0 Å². The topological polar surface area (TPSA) is 66.1 Å². The zero-order chi connectivity index (χ0) is 18.0. The molecule has 3 rings (SSSR count). The van der Waals surface area contributed by atoms with Gasteiger partial charge in [0, 0.05) is 25.4 Å². The number of fused-ring (bicyclic) bond motifs is 1. The number of para-hydroxylation sites is 1. The zero-order valence-electron chi connectivity index (χ0n) is 15.3. The van der Waals surface area contributed by atoms with Crippen molar-refractivity contribution < 1.29 is 4.79 Å². The Bertz CT molecular complexity index is 820. The highest BCUT2D eigenvalue weighted by atomic mass is 16.2. The van der Waals surface area contributed by atoms with Crippen molar-refractivity contribution in [3.8, 4) is 0 Å². The van der Waals surface area contributed by atoms with Crippen LogP contribution in [-0.2, 0) is 11.2 Å². The van der Waals surface area contributed by atoms with E-state index in [1.54, 1.807) is 6.07 Å². The monoisotopic (exact) mass is 341 g/mol. The molecule has 2 heterocycles. The Morgan fingerprint density at radius 1 is 1.32 bits per heavy atom. The van der Waals surface area contributed by atoms with Gasteiger partial charge < -0.3 is 9.88 Å². The third kappa shape index (κ3) is 4.27. The molecule has 0 radical (unpaired) electrons. The number of likely N-dealkylation sites (tertiary alicyclic amines) is 1. The molecular formula is C20H27N3O2. The lowest BCUT2D eigenvalue weighted by Gasteiger charge is -2.30. The number of hydrogen-bond acceptors (Lipinski definition) is 3. The molecule has 0 saturated carbocycles. The average molecular weight is 341 g/mol. The van der Waals surface area contributed by atoms with Gasteiger partial charge in [0.1, 0.15) is 5.82 Å². The summed E-state index contributed by atoms with van der Waals surface area (Å²) in [7, 11) is 0. The fourth-order valence-corrected chi connectivity index (χ4v) is 3.71. The summed E-state index contributed by atoms with van der Waals surface area (Å²) >= 11 is 0. The molecule has 1 fully saturated rings. The molecule has 0 spiro atoms. The van der Waals surface area contributed by atoms with Gasteiger partial charge in [-0.1, -0.05) is 32.9 Å². The molecule has 1 aliphatic rings. The van der Waals surface area contributed by atoms with Gasteiger partial charge in [-0.25, -0.2) is 4.98 Å². The maximum atomic E-state index is 12.7. The van der Waals surface area contributed by atoms with Crippen molar-refractivity contribution in [2.45, 2.75) is 58.9 Å². The number of hydrogen-bond donors (Lipinski definition) is 1. The molecule has 25 heavy (non-hydrogen) atoms. The highest BCUT2D eigenvalue weighted by Gasteiger charge is 2.31. The van der Waals surface area contributed by atoms with Crippen LogP contribution in [0.25, 0.3) is 10.9 Å². The Balaban J connectivity index is 1.67. The molecule has 0 unspecified atom stereocenters. The smallest absolute Gasteiger partial charge is 0.258 e. The van der Waals surface area contributed by atoms with Crippen LogP contribution in [0.4, 0.5) is 0 Å². The number of carbonyl (C=O) groups is 1. The number of nitrogens with one attached hydrogen (secondary N) is 1. The number of amides is 1. The minimum Gasteiger partial charge on any atom is -0.340 e. The van der Waals surface area contributed by atoms with Crippen molar-refractivity contribution in [2.24, 2.45) is 5.41 Å². The largest absolute Gasteiger partial charge is 0.340 e. The van der Waals surface area contributed by atoms with Gasteiger partial charge in [0.05, 0.1) is 10.9 Å². The average Bonchev–Trinajstić information content (AvgIpc) is 2.99. The fourth-order valence-electron chi connectivity index (χ4n) is 3.71. The van der Waals surface area contributed by atoms with Gasteiger partial charge in [0.25, 0.3) is 5.56 Å². The molecule has 5 nitrogen and oxygen atoms in total. The van der Waals surface area contributed by atoms with Gasteiger partial charge in [0.15, 0.2) is 0 Å². The second-order valence-electron chi connectivity index (χ2n) is 8.18. The van der Waals surface area contributed by atoms with E-state index >= 15 is 0 Å². The predicted molar refractivity (Wildman–Crippen MR) is 99.5 cm³/mol. The van der Waals surface area contributed by atoms with Crippen LogP contribution in [0.15, 0.2) is 29.1 Å². The first-order valence-corrected chi connectivity index (χ1v) is 9.11. The molecule has 0 aliphatic carbocycles. The summed E-state index contributed by atoms with van der Waals surface area (Å²) in [4.78, 5) is 34.1. The van der Waals surface area contributed by atoms with Crippen LogP contribution in [0.5, 0.6) is 0 Å². The van der Waals surface area contributed by atoms with Crippen LogP contribution in [0.2, 0.25) is 0 Å². The second-order valence-corrected chi connectivity index (χ2v) is 8.18. The highest BCUT2D eigenvalue weighted by molar-refractivity contribution is 5.78. The van der Waals surface area contributed by atoms with Crippen molar-refractivity contribution in [3.05, 3.63) is 40.4 Å². The highest BCUT2D eigenvalue weighted by Crippen LogP contribution is 2.30. The van der Waals surface area contributed by atoms with Crippen LogP contribution in [0, 0.1) is 5.41 Å². The number of rotatable bonds is 4. The number of aromatic nitrogens is 2. The van der Waals surface area contributed by atoms with Crippen LogP contribution in [0.3, 0.4) is 0 Å². The van der Waals surface area contributed by atoms with E-state index in [0.717, 1.165) is 25.8 Å². The number of carbonyl (C=O) groups excluding carboxylic acids is 1. The Kier molecular flexibility index (Phi) is 4.93. The van der Waals surface area contributed by atoms with E-state index < -0.39 is 0 Å². The summed E-state index contributed by atoms with van der Waals surface area (Å²) in [6, 6.07) is 7.62. The molecule has 1 amide bonds. The van der Waals surface area contributed by atoms with Gasteiger partial charge in [-0.05, 0) is 36.8 Å². The molecule has 0 bridgehead atoms. The quantitative estimate of drug-likeness (QED) is 0.928. The third-order valence-corrected chi connectivity index (χ3v) is 4.78. The number of H-pyrrole nitrogens is 1. The van der Waals surface area contributed by atoms with E-state index in [0.29, 0.717) is 35.6 Å². The van der Waals surface area contributed by atoms with Crippen molar-refractivity contribution in [1.29, 1.82) is 0 Å². The maximum Gasteiger partial charge on any atom is 0.258 e. The minimum absolute atomic E-state index is 0.139. The first-order chi connectivity index (χ1) is 11.8. The Morgan fingerprint density at radius 3 is 2.84 bits per heavy atom. The van der Waals surface area contributed by atoms with Crippen molar-refractivity contribution in [3.63, 3.8) is 0 Å². The zero-order valence-corrected chi connectivity index (χ0v) is 15.3. The summed E-state index contributed by atoms with van der Waals surface area (Å²) in [6.45, 7) is 7.51. The molecular weight excluding hydrogens is 314 g/mol. The summed E-state index contributed by atoms with van der Waals surface area (Å²) in [6.07, 6.45) is 4.06. The van der Waals surface area contributed by atoms with Gasteiger partial charge in [-0.3, -0.25) is 9.59 Å². The first kappa shape index (κ1) is 17.6. The molecule has 134 valence electrons. The standard InChI is InChI=1S/C20H27N3O2/c1-20(2,3)13-14-7-6-12-23(14)18(24)11-10-17-21-16-9-5-4-8-15(16)19(25)22-17/h4-5,8-9,14H,6-7,10-13H2,1-3H3,(H,21,22,25)/t14-/m1/s1. The summed E-state index contributed by atoms with van der Waals surface area (Å²) in [5.41, 5.74) is 0.763. The SMILES string of the molecule is CC(C)(C)C[C@H]1CCCN1C(=O)CCc1nc2ccccc2c(=O)[nH]1. The lowest BCUT2D eigenvalue weighted by atomic mass is 9.87. The van der Waals surface area contributed by atoms with Crippen LogP contribution < -0.4 is 5.56 Å². The van der Waals surface area contributed by atoms with E-state index in [1.165, 1.54) is 0 Å². The first-order valence-electron chi connectivity index (χ1n) is 9.11. The number of benzene rings is 1. The molecule has 1 N–H and O–H groups in total. The van der Waals surface area contributed by atoms with E-state index in [-0.39, 0.29) is 16.9 Å². The minimum atomic E-state index is -0.139. The summed E-state index contributed by atoms with van der Waals surface area (Å²) in [5.74, 6) is 0.756. The van der Waals surface area contributed by atoms with E-state index in [9.17, 15) is 9.59 Å². The molecule has 5 heteroatoms. The number of aryl methyl sites for hydroxylation is 1. The lowest BCUT2D eigenvalue weighted by molar-refractivity contribution is -0.132. The summed E-state index contributed by atoms with van der Waals surface area (Å²) in [5, 5.41) is 0.586. The van der Waals surface area contributed by atoms with Gasteiger partial charge in [-0.15, -0.1) is 0 Å². The Morgan fingerprint density at radius 2 is 2.08 bits per heavy atom. The van der Waals surface area contributed by atoms with Crippen LogP contribution in [0.1, 0.15) is 52.3 Å². The maximum absolute atomic E-state index is 12.7. The van der Waals surface area contributed by atoms with E-state index in [1.807, 2.05) is 23.1 Å². The van der Waals surface area contributed by atoms with Crippen LogP contribution >= 0.6 is 0 Å². The van der Waals surface area contributed by atoms with Crippen LogP contribution in [-0.4, -0.2) is 33.4 Å². The molecule has 1 aliphatic heterocycles. The molecule has 1 aromatic carbocycles. The van der Waals surface area contributed by atoms with E-state index in [2.05, 4.69) is 30.7 Å². The van der Waals surface area contributed by atoms with Gasteiger partial charge in [-0.2, -0.15) is 0 Å². The number of nitrogens with zero attached hydrogens (tertiary/aromatic N) is 2. The Hall–Kier alpha value is -2.17. The summed E-state index contributed by atoms with van der Waals surface area (Å²) < 4.78 is 0. The van der Waals surface area contributed by atoms with Gasteiger partial charge >= 0.3 is 0 Å². The normalized spacial score (nSPS) is 18.0. The van der Waals surface area contributed by atoms with Crippen molar-refractivity contribution in [1.82, 2.24) is 14.9 Å². The Labute approximate surface area is 148 Å². The molecule has 2 aromatic rings. The molecule has 1 aromatic heterocycles. The number of aromatic amines is 1. The fraction of sp³-hybridized carbons (Fsp3) is 0.550. The predicted octanol–water partition coefficient (Wildman–Crippen LogP) is 3.28.